The maximum atomic E-state index is 12.0. The predicted molar refractivity (Wildman–Crippen MR) is 101 cm³/mol. The van der Waals surface area contributed by atoms with Crippen molar-refractivity contribution in [3.8, 4) is 16.2 Å². The van der Waals surface area contributed by atoms with E-state index in [2.05, 4.69) is 25.2 Å². The molecule has 1 aromatic carbocycles. The number of fused-ring (bicyclic) bond motifs is 3. The Kier molecular flexibility index (Phi) is 4.56. The average Bonchev–Trinajstić information content (AvgIpc) is 2.90. The van der Waals surface area contributed by atoms with Crippen molar-refractivity contribution >= 4 is 28.2 Å². The van der Waals surface area contributed by atoms with Gasteiger partial charge in [0.15, 0.2) is 0 Å². The lowest BCUT2D eigenvalue weighted by Crippen LogP contribution is -2.17. The van der Waals surface area contributed by atoms with Crippen LogP contribution in [-0.4, -0.2) is 18.9 Å². The smallest absolute Gasteiger partial charge is 0.252 e. The molecule has 0 spiro atoms. The third kappa shape index (κ3) is 3.02. The molecule has 132 valence electrons. The number of carbonyl (C=O) groups is 2. The molecule has 0 fully saturated rings. The Labute approximate surface area is 151 Å². The fraction of sp³-hybridized carbons (Fsp3) is 0.368. The summed E-state index contributed by atoms with van der Waals surface area (Å²) < 4.78 is 5.58. The van der Waals surface area contributed by atoms with Gasteiger partial charge in [0.25, 0.3) is 5.91 Å². The first kappa shape index (κ1) is 17.5. The Balaban J connectivity index is 2.22. The highest BCUT2D eigenvalue weighted by Crippen LogP contribution is 2.47. The lowest BCUT2D eigenvalue weighted by Gasteiger charge is -2.21. The number of carbonyl (C=O) groups excluding carboxylic acids is 2. The molecule has 0 saturated carbocycles. The molecule has 0 bridgehead atoms. The van der Waals surface area contributed by atoms with Gasteiger partial charge in [-0.3, -0.25) is 9.59 Å². The second-order valence-electron chi connectivity index (χ2n) is 6.57. The van der Waals surface area contributed by atoms with Crippen LogP contribution in [0.5, 0.6) is 5.75 Å². The Morgan fingerprint density at radius 1 is 1.28 bits per heavy atom. The van der Waals surface area contributed by atoms with E-state index in [9.17, 15) is 9.59 Å². The molecule has 25 heavy (non-hydrogen) atoms. The van der Waals surface area contributed by atoms with Crippen molar-refractivity contribution in [1.29, 1.82) is 0 Å². The van der Waals surface area contributed by atoms with Crippen LogP contribution in [-0.2, 0) is 17.6 Å². The van der Waals surface area contributed by atoms with Crippen molar-refractivity contribution < 1.29 is 14.3 Å². The summed E-state index contributed by atoms with van der Waals surface area (Å²) in [5, 5.41) is 3.28. The predicted octanol–water partition coefficient (Wildman–Crippen LogP) is 3.70. The molecule has 6 heteroatoms. The van der Waals surface area contributed by atoms with E-state index >= 15 is 0 Å². The molecular weight excluding hydrogens is 336 g/mol. The van der Waals surface area contributed by atoms with Crippen molar-refractivity contribution in [2.75, 3.05) is 12.4 Å². The lowest BCUT2D eigenvalue weighted by atomic mass is 9.86. The molecule has 1 aromatic heterocycles. The average molecular weight is 358 g/mol. The minimum absolute atomic E-state index is 0.214. The van der Waals surface area contributed by atoms with E-state index in [1.807, 2.05) is 6.07 Å². The number of amides is 2. The Morgan fingerprint density at radius 2 is 2.00 bits per heavy atom. The molecule has 3 N–H and O–H groups in total. The molecule has 2 amide bonds. The van der Waals surface area contributed by atoms with Gasteiger partial charge >= 0.3 is 0 Å². The van der Waals surface area contributed by atoms with Gasteiger partial charge in [0.05, 0.1) is 12.7 Å². The number of thiophene rings is 1. The first-order chi connectivity index (χ1) is 11.8. The number of hydrogen-bond acceptors (Lipinski definition) is 4. The summed E-state index contributed by atoms with van der Waals surface area (Å²) in [5.41, 5.74) is 10.4. The zero-order valence-corrected chi connectivity index (χ0v) is 15.7. The fourth-order valence-electron chi connectivity index (χ4n) is 3.38. The number of ether oxygens (including phenoxy) is 1. The van der Waals surface area contributed by atoms with E-state index in [1.165, 1.54) is 29.4 Å². The van der Waals surface area contributed by atoms with Crippen LogP contribution in [0, 0.1) is 0 Å². The first-order valence-corrected chi connectivity index (χ1v) is 9.09. The van der Waals surface area contributed by atoms with E-state index in [1.54, 1.807) is 7.11 Å². The number of anilines is 1. The molecule has 0 unspecified atom stereocenters. The number of benzene rings is 1. The number of primary amides is 1. The van der Waals surface area contributed by atoms with Gasteiger partial charge in [-0.05, 0) is 47.1 Å². The van der Waals surface area contributed by atoms with Gasteiger partial charge in [0, 0.05) is 11.8 Å². The molecule has 1 aliphatic rings. The van der Waals surface area contributed by atoms with Crippen molar-refractivity contribution in [2.45, 2.75) is 39.5 Å². The topological polar surface area (TPSA) is 81.4 Å². The molecule has 1 aliphatic carbocycles. The van der Waals surface area contributed by atoms with Gasteiger partial charge in [-0.2, -0.15) is 0 Å². The molecule has 5 nitrogen and oxygen atoms in total. The van der Waals surface area contributed by atoms with Crippen LogP contribution in [0.1, 0.15) is 53.7 Å². The molecular formula is C19H22N2O3S. The van der Waals surface area contributed by atoms with Crippen LogP contribution in [0.15, 0.2) is 12.1 Å². The second-order valence-corrected chi connectivity index (χ2v) is 7.59. The number of rotatable bonds is 4. The van der Waals surface area contributed by atoms with E-state index in [4.69, 9.17) is 10.5 Å². The van der Waals surface area contributed by atoms with Crippen LogP contribution in [0.25, 0.3) is 10.4 Å². The Hall–Kier alpha value is -2.34. The van der Waals surface area contributed by atoms with Crippen LogP contribution in [0.3, 0.4) is 0 Å². The molecule has 0 atom stereocenters. The van der Waals surface area contributed by atoms with Gasteiger partial charge < -0.3 is 15.8 Å². The van der Waals surface area contributed by atoms with Crippen LogP contribution in [0.2, 0.25) is 0 Å². The number of aryl methyl sites for hydroxylation is 1. The number of nitrogens with one attached hydrogen (secondary N) is 1. The Morgan fingerprint density at radius 3 is 2.56 bits per heavy atom. The summed E-state index contributed by atoms with van der Waals surface area (Å²) in [6.45, 7) is 5.71. The number of hydrogen-bond donors (Lipinski definition) is 2. The normalized spacial score (nSPS) is 12.5. The van der Waals surface area contributed by atoms with E-state index in [0.717, 1.165) is 34.6 Å². The number of nitrogens with two attached hydrogens (primary N) is 1. The first-order valence-electron chi connectivity index (χ1n) is 8.27. The zero-order chi connectivity index (χ0) is 18.3. The maximum absolute atomic E-state index is 12.0. The fourth-order valence-corrected chi connectivity index (χ4v) is 4.73. The van der Waals surface area contributed by atoms with Gasteiger partial charge in [0.1, 0.15) is 10.8 Å². The van der Waals surface area contributed by atoms with Gasteiger partial charge in [0.2, 0.25) is 5.91 Å². The molecule has 0 radical (unpaired) electrons. The lowest BCUT2D eigenvalue weighted by molar-refractivity contribution is -0.114. The van der Waals surface area contributed by atoms with E-state index in [-0.39, 0.29) is 5.91 Å². The molecule has 3 rings (SSSR count). The summed E-state index contributed by atoms with van der Waals surface area (Å²) >= 11 is 1.41. The zero-order valence-electron chi connectivity index (χ0n) is 14.9. The molecule has 1 heterocycles. The largest absolute Gasteiger partial charge is 0.496 e. The summed E-state index contributed by atoms with van der Waals surface area (Å²) in [4.78, 5) is 24.5. The highest BCUT2D eigenvalue weighted by atomic mass is 32.1. The third-order valence-electron chi connectivity index (χ3n) is 4.51. The van der Waals surface area contributed by atoms with Crippen LogP contribution >= 0.6 is 11.3 Å². The Bertz CT molecular complexity index is 868. The summed E-state index contributed by atoms with van der Waals surface area (Å²) in [6.07, 6.45) is 1.57. The number of methoxy groups -OCH3 is 1. The van der Waals surface area contributed by atoms with Crippen molar-refractivity contribution in [3.63, 3.8) is 0 Å². The maximum Gasteiger partial charge on any atom is 0.252 e. The highest BCUT2D eigenvalue weighted by molar-refractivity contribution is 7.20. The monoisotopic (exact) mass is 358 g/mol. The van der Waals surface area contributed by atoms with Gasteiger partial charge in [-0.15, -0.1) is 11.3 Å². The minimum Gasteiger partial charge on any atom is -0.496 e. The molecule has 0 aliphatic heterocycles. The SMILES string of the molecule is COc1cc2c(cc1C(C)C)CCc1c-2sc(NC(C)=O)c1C(N)=O. The van der Waals surface area contributed by atoms with E-state index in [0.29, 0.717) is 16.5 Å². The summed E-state index contributed by atoms with van der Waals surface area (Å²) in [7, 11) is 1.67. The minimum atomic E-state index is -0.504. The second kappa shape index (κ2) is 6.52. The third-order valence-corrected chi connectivity index (χ3v) is 5.69. The molecule has 0 saturated heterocycles. The molecule has 2 aromatic rings. The van der Waals surface area contributed by atoms with Crippen LogP contribution in [0.4, 0.5) is 5.00 Å². The quantitative estimate of drug-likeness (QED) is 0.874. The van der Waals surface area contributed by atoms with Crippen molar-refractivity contribution in [2.24, 2.45) is 5.73 Å². The van der Waals surface area contributed by atoms with Crippen LogP contribution < -0.4 is 15.8 Å². The summed E-state index contributed by atoms with van der Waals surface area (Å²) in [6, 6.07) is 4.24. The van der Waals surface area contributed by atoms with Gasteiger partial charge in [-0.1, -0.05) is 19.9 Å². The van der Waals surface area contributed by atoms with Gasteiger partial charge in [-0.25, -0.2) is 0 Å². The van der Waals surface area contributed by atoms with E-state index < -0.39 is 5.91 Å². The van der Waals surface area contributed by atoms with Crippen molar-refractivity contribution in [1.82, 2.24) is 0 Å². The highest BCUT2D eigenvalue weighted by Gasteiger charge is 2.28. The van der Waals surface area contributed by atoms with Crippen molar-refractivity contribution in [3.05, 3.63) is 34.4 Å². The summed E-state index contributed by atoms with van der Waals surface area (Å²) in [5.74, 6) is 0.488. The standard InChI is InChI=1S/C19H22N2O3S/c1-9(2)13-7-11-5-6-12-16(18(20)23)19(21-10(3)22)25-17(12)14(11)8-15(13)24-4/h7-9H,5-6H2,1-4H3,(H2,20,23)(H,21,22).